The van der Waals surface area contributed by atoms with Crippen LogP contribution in [0.4, 0.5) is 0 Å². The van der Waals surface area contributed by atoms with Crippen molar-refractivity contribution in [1.82, 2.24) is 5.32 Å². The topological polar surface area (TPSA) is 64.1 Å². The molecule has 0 aliphatic heterocycles. The first-order chi connectivity index (χ1) is 10.4. The standard InChI is InChI=1S/C20H41N3/c1-17(2)7-15(22)8-20(6,12-17)14-23-16-9-18(3,4)11-19(5,10-16)13-21/h15-16,23H,7-14,21-22H2,1-6H3. The smallest absolute Gasteiger partial charge is 0.00780 e. The largest absolute Gasteiger partial charge is 0.330 e. The maximum absolute atomic E-state index is 6.36. The first kappa shape index (κ1) is 19.2. The van der Waals surface area contributed by atoms with Gasteiger partial charge in [-0.05, 0) is 66.7 Å². The molecular weight excluding hydrogens is 282 g/mol. The number of nitrogens with two attached hydrogens (primary N) is 2. The molecule has 2 rings (SSSR count). The molecule has 0 heterocycles. The van der Waals surface area contributed by atoms with E-state index in [1.807, 2.05) is 0 Å². The average molecular weight is 324 g/mol. The molecule has 0 aromatic rings. The van der Waals surface area contributed by atoms with Crippen molar-refractivity contribution < 1.29 is 0 Å². The summed E-state index contributed by atoms with van der Waals surface area (Å²) in [4.78, 5) is 0. The van der Waals surface area contributed by atoms with Gasteiger partial charge >= 0.3 is 0 Å². The summed E-state index contributed by atoms with van der Waals surface area (Å²) in [5.41, 5.74) is 13.8. The molecule has 2 saturated carbocycles. The molecule has 2 aliphatic rings. The molecule has 0 aromatic carbocycles. The van der Waals surface area contributed by atoms with Crippen LogP contribution in [0.3, 0.4) is 0 Å². The second-order valence-corrected chi connectivity index (χ2v) is 11.2. The Hall–Kier alpha value is -0.120. The lowest BCUT2D eigenvalue weighted by atomic mass is 9.61. The fraction of sp³-hybridized carbons (Fsp3) is 1.00. The molecule has 23 heavy (non-hydrogen) atoms. The summed E-state index contributed by atoms with van der Waals surface area (Å²) in [7, 11) is 0. The maximum atomic E-state index is 6.36. The van der Waals surface area contributed by atoms with Crippen molar-refractivity contribution >= 4 is 0 Å². The molecule has 2 aliphatic carbocycles. The van der Waals surface area contributed by atoms with Crippen LogP contribution in [0.25, 0.3) is 0 Å². The summed E-state index contributed by atoms with van der Waals surface area (Å²) in [5, 5.41) is 3.92. The second kappa shape index (κ2) is 6.31. The van der Waals surface area contributed by atoms with E-state index in [0.717, 1.165) is 25.9 Å². The SMILES string of the molecule is CC1(C)CC(N)CC(C)(CNC2CC(C)(C)CC(C)(CN)C2)C1. The molecule has 3 nitrogen and oxygen atoms in total. The molecule has 5 N–H and O–H groups in total. The number of hydrogen-bond acceptors (Lipinski definition) is 3. The van der Waals surface area contributed by atoms with E-state index in [1.165, 1.54) is 25.7 Å². The van der Waals surface area contributed by atoms with E-state index in [-0.39, 0.29) is 5.41 Å². The van der Waals surface area contributed by atoms with Gasteiger partial charge in [0, 0.05) is 18.6 Å². The molecule has 2 fully saturated rings. The van der Waals surface area contributed by atoms with Gasteiger partial charge in [0.15, 0.2) is 0 Å². The van der Waals surface area contributed by atoms with Crippen LogP contribution in [0.1, 0.15) is 80.1 Å². The molecule has 0 amide bonds. The van der Waals surface area contributed by atoms with Crippen LogP contribution < -0.4 is 16.8 Å². The van der Waals surface area contributed by atoms with Crippen LogP contribution in [0.15, 0.2) is 0 Å². The van der Waals surface area contributed by atoms with Gasteiger partial charge in [-0.25, -0.2) is 0 Å². The Labute approximate surface area is 144 Å². The molecule has 0 spiro atoms. The van der Waals surface area contributed by atoms with E-state index in [4.69, 9.17) is 11.5 Å². The lowest BCUT2D eigenvalue weighted by Crippen LogP contribution is -2.52. The van der Waals surface area contributed by atoms with Crippen molar-refractivity contribution in [1.29, 1.82) is 0 Å². The number of nitrogens with one attached hydrogen (secondary N) is 1. The van der Waals surface area contributed by atoms with Gasteiger partial charge in [0.1, 0.15) is 0 Å². The van der Waals surface area contributed by atoms with Gasteiger partial charge in [-0.3, -0.25) is 0 Å². The highest BCUT2D eigenvalue weighted by Gasteiger charge is 2.43. The first-order valence-electron chi connectivity index (χ1n) is 9.55. The minimum absolute atomic E-state index is 0.280. The average Bonchev–Trinajstić information content (AvgIpc) is 2.31. The quantitative estimate of drug-likeness (QED) is 0.740. The van der Waals surface area contributed by atoms with Gasteiger partial charge in [-0.1, -0.05) is 41.5 Å². The van der Waals surface area contributed by atoms with E-state index >= 15 is 0 Å². The lowest BCUT2D eigenvalue weighted by Gasteiger charge is -2.49. The van der Waals surface area contributed by atoms with E-state index in [2.05, 4.69) is 46.9 Å². The third-order valence-electron chi connectivity index (χ3n) is 6.23. The van der Waals surface area contributed by atoms with Crippen LogP contribution in [-0.4, -0.2) is 25.2 Å². The van der Waals surface area contributed by atoms with Gasteiger partial charge in [0.25, 0.3) is 0 Å². The van der Waals surface area contributed by atoms with E-state index in [9.17, 15) is 0 Å². The summed E-state index contributed by atoms with van der Waals surface area (Å²) in [5.74, 6) is 0. The summed E-state index contributed by atoms with van der Waals surface area (Å²) < 4.78 is 0. The Balaban J connectivity index is 1.99. The number of hydrogen-bond donors (Lipinski definition) is 3. The Morgan fingerprint density at radius 2 is 1.39 bits per heavy atom. The van der Waals surface area contributed by atoms with Gasteiger partial charge < -0.3 is 16.8 Å². The van der Waals surface area contributed by atoms with Crippen LogP contribution >= 0.6 is 0 Å². The highest BCUT2D eigenvalue weighted by atomic mass is 14.9. The molecule has 0 bridgehead atoms. The van der Waals surface area contributed by atoms with Crippen molar-refractivity contribution in [2.75, 3.05) is 13.1 Å². The predicted molar refractivity (Wildman–Crippen MR) is 100 cm³/mol. The summed E-state index contributed by atoms with van der Waals surface area (Å²) in [6.07, 6.45) is 7.28. The fourth-order valence-electron chi connectivity index (χ4n) is 6.17. The Kier molecular flexibility index (Phi) is 5.27. The van der Waals surface area contributed by atoms with E-state index in [0.29, 0.717) is 28.3 Å². The van der Waals surface area contributed by atoms with Crippen molar-refractivity contribution in [2.24, 2.45) is 33.1 Å². The van der Waals surface area contributed by atoms with E-state index < -0.39 is 0 Å². The van der Waals surface area contributed by atoms with Crippen LogP contribution in [0.5, 0.6) is 0 Å². The molecule has 0 radical (unpaired) electrons. The molecule has 3 heteroatoms. The van der Waals surface area contributed by atoms with Crippen LogP contribution in [0.2, 0.25) is 0 Å². The highest BCUT2D eigenvalue weighted by molar-refractivity contribution is 4.98. The zero-order valence-corrected chi connectivity index (χ0v) is 16.5. The minimum Gasteiger partial charge on any atom is -0.330 e. The van der Waals surface area contributed by atoms with Crippen molar-refractivity contribution in [3.05, 3.63) is 0 Å². The molecule has 0 saturated heterocycles. The summed E-state index contributed by atoms with van der Waals surface area (Å²) in [6.45, 7) is 16.2. The molecule has 4 atom stereocenters. The van der Waals surface area contributed by atoms with Gasteiger partial charge in [0.05, 0.1) is 0 Å². The monoisotopic (exact) mass is 323 g/mol. The van der Waals surface area contributed by atoms with Crippen molar-refractivity contribution in [3.8, 4) is 0 Å². The molecular formula is C20H41N3. The zero-order valence-electron chi connectivity index (χ0n) is 16.5. The Morgan fingerprint density at radius 1 is 0.826 bits per heavy atom. The maximum Gasteiger partial charge on any atom is 0.00780 e. The zero-order chi connectivity index (χ0) is 17.5. The Morgan fingerprint density at radius 3 is 1.96 bits per heavy atom. The lowest BCUT2D eigenvalue weighted by molar-refractivity contribution is 0.0513. The first-order valence-corrected chi connectivity index (χ1v) is 9.55. The molecule has 0 aromatic heterocycles. The predicted octanol–water partition coefficient (Wildman–Crippen LogP) is 3.66. The summed E-state index contributed by atoms with van der Waals surface area (Å²) in [6, 6.07) is 0.938. The molecule has 4 unspecified atom stereocenters. The van der Waals surface area contributed by atoms with Crippen LogP contribution in [0, 0.1) is 21.7 Å². The van der Waals surface area contributed by atoms with Gasteiger partial charge in [-0.15, -0.1) is 0 Å². The number of rotatable bonds is 4. The Bertz CT molecular complexity index is 417. The third-order valence-corrected chi connectivity index (χ3v) is 6.23. The highest BCUT2D eigenvalue weighted by Crippen LogP contribution is 2.47. The normalized spacial score (nSPS) is 43.3. The third kappa shape index (κ3) is 5.17. The van der Waals surface area contributed by atoms with Gasteiger partial charge in [-0.2, -0.15) is 0 Å². The van der Waals surface area contributed by atoms with E-state index in [1.54, 1.807) is 0 Å². The van der Waals surface area contributed by atoms with Crippen molar-refractivity contribution in [2.45, 2.75) is 92.2 Å². The second-order valence-electron chi connectivity index (χ2n) is 11.2. The minimum atomic E-state index is 0.280. The fourth-order valence-corrected chi connectivity index (χ4v) is 6.17. The van der Waals surface area contributed by atoms with Gasteiger partial charge in [0.2, 0.25) is 0 Å². The molecule has 136 valence electrons. The van der Waals surface area contributed by atoms with Crippen LogP contribution in [-0.2, 0) is 0 Å². The van der Waals surface area contributed by atoms with Crippen molar-refractivity contribution in [3.63, 3.8) is 0 Å². The summed E-state index contributed by atoms with van der Waals surface area (Å²) >= 11 is 0.